The highest BCUT2D eigenvalue weighted by Crippen LogP contribution is 2.34. The van der Waals surface area contributed by atoms with Gasteiger partial charge in [0.15, 0.2) is 0 Å². The molecular formula is C14H18N4S. The van der Waals surface area contributed by atoms with E-state index >= 15 is 0 Å². The Kier molecular flexibility index (Phi) is 2.63. The Hall–Kier alpha value is -1.33. The lowest BCUT2D eigenvalue weighted by molar-refractivity contribution is 0.248. The fourth-order valence-corrected chi connectivity index (χ4v) is 3.68. The maximum atomic E-state index is 6.29. The molecule has 0 unspecified atom stereocenters. The topological polar surface area (TPSA) is 45.4 Å². The van der Waals surface area contributed by atoms with Crippen LogP contribution < -0.4 is 10.6 Å². The number of benzene rings is 1. The first kappa shape index (κ1) is 11.5. The number of hydrogen-bond donors (Lipinski definition) is 1. The van der Waals surface area contributed by atoms with E-state index < -0.39 is 0 Å². The third-order valence-electron chi connectivity index (χ3n) is 4.24. The Labute approximate surface area is 116 Å². The molecule has 19 heavy (non-hydrogen) atoms. The van der Waals surface area contributed by atoms with E-state index in [9.17, 15) is 0 Å². The molecule has 100 valence electrons. The van der Waals surface area contributed by atoms with E-state index in [1.54, 1.807) is 11.3 Å². The highest BCUT2D eigenvalue weighted by Gasteiger charge is 2.31. The van der Waals surface area contributed by atoms with Crippen molar-refractivity contribution in [3.8, 4) is 0 Å². The molecule has 1 saturated heterocycles. The lowest BCUT2D eigenvalue weighted by Gasteiger charge is -2.36. The van der Waals surface area contributed by atoms with Crippen LogP contribution in [0.25, 0.3) is 10.2 Å². The van der Waals surface area contributed by atoms with Crippen LogP contribution in [0, 0.1) is 0 Å². The van der Waals surface area contributed by atoms with Crippen LogP contribution in [0.15, 0.2) is 17.6 Å². The molecule has 4 nitrogen and oxygen atoms in total. The molecule has 2 aromatic rings. The van der Waals surface area contributed by atoms with Gasteiger partial charge in [-0.05, 0) is 25.0 Å². The van der Waals surface area contributed by atoms with E-state index in [-0.39, 0.29) is 0 Å². The number of aromatic nitrogens is 1. The molecule has 4 rings (SSSR count). The zero-order chi connectivity index (χ0) is 12.8. The van der Waals surface area contributed by atoms with E-state index in [2.05, 4.69) is 26.9 Å². The highest BCUT2D eigenvalue weighted by molar-refractivity contribution is 7.16. The van der Waals surface area contributed by atoms with Gasteiger partial charge in [0, 0.05) is 32.2 Å². The molecule has 1 saturated carbocycles. The van der Waals surface area contributed by atoms with Gasteiger partial charge >= 0.3 is 0 Å². The van der Waals surface area contributed by atoms with Crippen LogP contribution in [0.2, 0.25) is 0 Å². The Balaban J connectivity index is 1.58. The number of hydrogen-bond acceptors (Lipinski definition) is 5. The Morgan fingerprint density at radius 3 is 2.68 bits per heavy atom. The van der Waals surface area contributed by atoms with Gasteiger partial charge < -0.3 is 10.6 Å². The molecule has 0 atom stereocenters. The summed E-state index contributed by atoms with van der Waals surface area (Å²) in [6.07, 6.45) is 2.79. The molecule has 1 aliphatic carbocycles. The molecule has 2 fully saturated rings. The van der Waals surface area contributed by atoms with E-state index in [0.29, 0.717) is 0 Å². The number of nitrogens with zero attached hydrogens (tertiary/aromatic N) is 3. The summed E-state index contributed by atoms with van der Waals surface area (Å²) in [6, 6.07) is 5.18. The van der Waals surface area contributed by atoms with Crippen molar-refractivity contribution in [1.82, 2.24) is 9.88 Å². The second-order valence-electron chi connectivity index (χ2n) is 5.45. The average molecular weight is 274 g/mol. The number of thiazole rings is 1. The Bertz CT molecular complexity index is 597. The van der Waals surface area contributed by atoms with E-state index in [1.165, 1.54) is 30.6 Å². The zero-order valence-electron chi connectivity index (χ0n) is 10.9. The highest BCUT2D eigenvalue weighted by atomic mass is 32.1. The molecule has 0 spiro atoms. The molecule has 5 heteroatoms. The minimum Gasteiger partial charge on any atom is -0.395 e. The van der Waals surface area contributed by atoms with Crippen molar-refractivity contribution in [3.63, 3.8) is 0 Å². The molecule has 0 amide bonds. The monoisotopic (exact) mass is 274 g/mol. The Morgan fingerprint density at radius 2 is 1.95 bits per heavy atom. The number of piperazine rings is 1. The van der Waals surface area contributed by atoms with Gasteiger partial charge in [0.1, 0.15) is 5.52 Å². The summed E-state index contributed by atoms with van der Waals surface area (Å²) in [7, 11) is 0. The summed E-state index contributed by atoms with van der Waals surface area (Å²) in [5.41, 5.74) is 11.1. The summed E-state index contributed by atoms with van der Waals surface area (Å²) in [4.78, 5) is 9.41. The minimum absolute atomic E-state index is 0.846. The normalized spacial score (nSPS) is 21.2. The van der Waals surface area contributed by atoms with Gasteiger partial charge in [-0.3, -0.25) is 4.90 Å². The number of fused-ring (bicyclic) bond motifs is 1. The lowest BCUT2D eigenvalue weighted by Crippen LogP contribution is -2.47. The fourth-order valence-electron chi connectivity index (χ4n) is 2.98. The van der Waals surface area contributed by atoms with E-state index in [4.69, 9.17) is 5.73 Å². The van der Waals surface area contributed by atoms with Crippen LogP contribution in [-0.2, 0) is 0 Å². The third kappa shape index (κ3) is 1.97. The standard InChI is InChI=1S/C14H18N4S/c15-13-11(3-4-12-14(13)16-9-19-12)18-7-5-17(6-8-18)10-1-2-10/h3-4,9-10H,1-2,5-8,15H2. The van der Waals surface area contributed by atoms with E-state index in [0.717, 1.165) is 36.0 Å². The number of nitrogen functional groups attached to an aromatic ring is 1. The van der Waals surface area contributed by atoms with Gasteiger partial charge in [0.2, 0.25) is 0 Å². The molecule has 2 heterocycles. The van der Waals surface area contributed by atoms with E-state index in [1.807, 2.05) is 5.51 Å². The number of nitrogens with two attached hydrogens (primary N) is 1. The SMILES string of the molecule is Nc1c(N2CCN(C3CC3)CC2)ccc2scnc12. The molecule has 1 aromatic carbocycles. The largest absolute Gasteiger partial charge is 0.395 e. The maximum Gasteiger partial charge on any atom is 0.106 e. The van der Waals surface area contributed by atoms with Gasteiger partial charge in [-0.15, -0.1) is 11.3 Å². The van der Waals surface area contributed by atoms with Gasteiger partial charge in [-0.1, -0.05) is 0 Å². The second-order valence-corrected chi connectivity index (χ2v) is 6.34. The number of rotatable bonds is 2. The van der Waals surface area contributed by atoms with Crippen molar-refractivity contribution in [2.75, 3.05) is 36.8 Å². The molecule has 2 N–H and O–H groups in total. The van der Waals surface area contributed by atoms with Crippen molar-refractivity contribution < 1.29 is 0 Å². The zero-order valence-corrected chi connectivity index (χ0v) is 11.7. The molecule has 0 bridgehead atoms. The minimum atomic E-state index is 0.846. The fraction of sp³-hybridized carbons (Fsp3) is 0.500. The molecule has 1 aliphatic heterocycles. The summed E-state index contributed by atoms with van der Waals surface area (Å²) < 4.78 is 1.18. The van der Waals surface area contributed by atoms with Crippen molar-refractivity contribution in [2.45, 2.75) is 18.9 Å². The number of anilines is 2. The van der Waals surface area contributed by atoms with Crippen molar-refractivity contribution >= 4 is 32.9 Å². The maximum absolute atomic E-state index is 6.29. The quantitative estimate of drug-likeness (QED) is 0.853. The van der Waals surface area contributed by atoms with Crippen LogP contribution in [0.4, 0.5) is 11.4 Å². The summed E-state index contributed by atoms with van der Waals surface area (Å²) in [5.74, 6) is 0. The van der Waals surface area contributed by atoms with Crippen molar-refractivity contribution in [1.29, 1.82) is 0 Å². The molecule has 1 aromatic heterocycles. The molecule has 0 radical (unpaired) electrons. The first-order valence-electron chi connectivity index (χ1n) is 6.93. The smallest absolute Gasteiger partial charge is 0.106 e. The average Bonchev–Trinajstić information content (AvgIpc) is 3.17. The third-order valence-corrected chi connectivity index (χ3v) is 5.03. The first-order valence-corrected chi connectivity index (χ1v) is 7.81. The summed E-state index contributed by atoms with van der Waals surface area (Å²) in [5, 5.41) is 0. The van der Waals surface area contributed by atoms with Crippen LogP contribution in [0.5, 0.6) is 0 Å². The predicted octanol–water partition coefficient (Wildman–Crippen LogP) is 2.16. The summed E-state index contributed by atoms with van der Waals surface area (Å²) >= 11 is 1.65. The predicted molar refractivity (Wildman–Crippen MR) is 80.8 cm³/mol. The second kappa shape index (κ2) is 4.35. The van der Waals surface area contributed by atoms with Crippen LogP contribution in [0.1, 0.15) is 12.8 Å². The van der Waals surface area contributed by atoms with Gasteiger partial charge in [0.05, 0.1) is 21.6 Å². The molecular weight excluding hydrogens is 256 g/mol. The van der Waals surface area contributed by atoms with Crippen molar-refractivity contribution in [3.05, 3.63) is 17.6 Å². The van der Waals surface area contributed by atoms with Gasteiger partial charge in [-0.25, -0.2) is 4.98 Å². The molecule has 2 aliphatic rings. The van der Waals surface area contributed by atoms with Crippen LogP contribution in [0.3, 0.4) is 0 Å². The lowest BCUT2D eigenvalue weighted by atomic mass is 10.2. The van der Waals surface area contributed by atoms with Gasteiger partial charge in [0.25, 0.3) is 0 Å². The first-order chi connectivity index (χ1) is 9.33. The van der Waals surface area contributed by atoms with Crippen LogP contribution >= 0.6 is 11.3 Å². The van der Waals surface area contributed by atoms with Crippen LogP contribution in [-0.4, -0.2) is 42.1 Å². The summed E-state index contributed by atoms with van der Waals surface area (Å²) in [6.45, 7) is 4.49. The van der Waals surface area contributed by atoms with Crippen molar-refractivity contribution in [2.24, 2.45) is 0 Å². The van der Waals surface area contributed by atoms with Gasteiger partial charge in [-0.2, -0.15) is 0 Å². The Morgan fingerprint density at radius 1 is 1.16 bits per heavy atom.